The van der Waals surface area contributed by atoms with Crippen molar-refractivity contribution in [3.8, 4) is 0 Å². The van der Waals surface area contributed by atoms with Gasteiger partial charge in [-0.05, 0) is 55.3 Å². The van der Waals surface area contributed by atoms with Crippen molar-refractivity contribution in [2.45, 2.75) is 77.7 Å². The van der Waals surface area contributed by atoms with E-state index in [9.17, 15) is 14.4 Å². The Morgan fingerprint density at radius 2 is 1.70 bits per heavy atom. The van der Waals surface area contributed by atoms with Crippen molar-refractivity contribution in [1.82, 2.24) is 25.8 Å². The molecule has 0 bridgehead atoms. The molecule has 3 amide bonds. The van der Waals surface area contributed by atoms with Gasteiger partial charge in [0.15, 0.2) is 0 Å². The molecule has 3 N–H and O–H groups in total. The van der Waals surface area contributed by atoms with Gasteiger partial charge in [0, 0.05) is 26.2 Å². The zero-order valence-corrected chi connectivity index (χ0v) is 24.6. The third-order valence-corrected chi connectivity index (χ3v) is 8.21. The minimum Gasteiger partial charge on any atom is -0.347 e. The molecule has 1 fully saturated rings. The zero-order chi connectivity index (χ0) is 28.9. The molecular formula is C32H45N5O3. The number of aryl methyl sites for hydroxylation is 1. The third-order valence-electron chi connectivity index (χ3n) is 8.21. The number of piperazine rings is 1. The second-order valence-electron chi connectivity index (χ2n) is 12.2. The summed E-state index contributed by atoms with van der Waals surface area (Å²) in [7, 11) is 1.72. The summed E-state index contributed by atoms with van der Waals surface area (Å²) in [6, 6.07) is 16.5. The second kappa shape index (κ2) is 13.0. The maximum absolute atomic E-state index is 14.2. The first-order valence-corrected chi connectivity index (χ1v) is 14.5. The fourth-order valence-electron chi connectivity index (χ4n) is 5.70. The van der Waals surface area contributed by atoms with Gasteiger partial charge in [-0.25, -0.2) is 0 Å². The van der Waals surface area contributed by atoms with Crippen LogP contribution in [0.2, 0.25) is 0 Å². The molecular weight excluding hydrogens is 502 g/mol. The number of nitrogens with zero attached hydrogens (tertiary/aromatic N) is 2. The van der Waals surface area contributed by atoms with Crippen LogP contribution in [0, 0.1) is 5.41 Å². The van der Waals surface area contributed by atoms with Crippen molar-refractivity contribution in [3.63, 3.8) is 0 Å². The third kappa shape index (κ3) is 7.09. The maximum Gasteiger partial charge on any atom is 0.246 e. The lowest BCUT2D eigenvalue weighted by atomic mass is 9.85. The molecule has 0 spiro atoms. The highest BCUT2D eigenvalue weighted by molar-refractivity contribution is 5.94. The van der Waals surface area contributed by atoms with Crippen LogP contribution >= 0.6 is 0 Å². The van der Waals surface area contributed by atoms with Gasteiger partial charge in [0.05, 0.1) is 12.1 Å². The zero-order valence-electron chi connectivity index (χ0n) is 24.6. The minimum atomic E-state index is -0.762. The molecule has 0 aromatic heterocycles. The van der Waals surface area contributed by atoms with Gasteiger partial charge in [-0.15, -0.1) is 0 Å². The van der Waals surface area contributed by atoms with Crippen LogP contribution in [0.25, 0.3) is 0 Å². The summed E-state index contributed by atoms with van der Waals surface area (Å²) < 4.78 is 0. The molecule has 2 aromatic rings. The molecule has 1 aliphatic carbocycles. The molecule has 1 aliphatic heterocycles. The first-order chi connectivity index (χ1) is 19.1. The normalized spacial score (nSPS) is 21.2. The number of hydrogen-bond acceptors (Lipinski definition) is 5. The largest absolute Gasteiger partial charge is 0.347 e. The molecule has 2 aromatic carbocycles. The van der Waals surface area contributed by atoms with Crippen molar-refractivity contribution in [2.75, 3.05) is 26.7 Å². The van der Waals surface area contributed by atoms with E-state index in [4.69, 9.17) is 0 Å². The fourth-order valence-corrected chi connectivity index (χ4v) is 5.70. The van der Waals surface area contributed by atoms with E-state index in [1.807, 2.05) is 51.1 Å². The van der Waals surface area contributed by atoms with E-state index in [0.717, 1.165) is 24.8 Å². The number of amides is 3. The summed E-state index contributed by atoms with van der Waals surface area (Å²) in [5.41, 5.74) is 3.07. The average Bonchev–Trinajstić information content (AvgIpc) is 2.95. The van der Waals surface area contributed by atoms with E-state index in [0.29, 0.717) is 26.2 Å². The van der Waals surface area contributed by atoms with E-state index in [-0.39, 0.29) is 23.8 Å². The highest BCUT2D eigenvalue weighted by atomic mass is 16.2. The monoisotopic (exact) mass is 547 g/mol. The summed E-state index contributed by atoms with van der Waals surface area (Å²) >= 11 is 0. The van der Waals surface area contributed by atoms with Crippen molar-refractivity contribution in [3.05, 3.63) is 71.3 Å². The molecule has 1 saturated heterocycles. The van der Waals surface area contributed by atoms with Crippen LogP contribution in [0.5, 0.6) is 0 Å². The van der Waals surface area contributed by atoms with Crippen LogP contribution in [0.4, 0.5) is 0 Å². The Morgan fingerprint density at radius 1 is 1.00 bits per heavy atom. The summed E-state index contributed by atoms with van der Waals surface area (Å²) in [6.07, 6.45) is 2.90. The van der Waals surface area contributed by atoms with Crippen LogP contribution in [-0.4, -0.2) is 72.3 Å². The molecule has 40 heavy (non-hydrogen) atoms. The number of nitrogens with one attached hydrogen (secondary N) is 3. The number of likely N-dealkylation sites (N-methyl/N-ethyl adjacent to an activating group) is 1. The number of benzene rings is 2. The van der Waals surface area contributed by atoms with Crippen LogP contribution in [0.3, 0.4) is 0 Å². The van der Waals surface area contributed by atoms with Gasteiger partial charge >= 0.3 is 0 Å². The predicted octanol–water partition coefficient (Wildman–Crippen LogP) is 3.03. The summed E-state index contributed by atoms with van der Waals surface area (Å²) in [5.74, 6) is -0.596. The van der Waals surface area contributed by atoms with E-state index in [2.05, 4.69) is 45.1 Å². The molecule has 4 rings (SSSR count). The van der Waals surface area contributed by atoms with Crippen LogP contribution in [0.15, 0.2) is 54.6 Å². The molecule has 4 atom stereocenters. The first-order valence-electron chi connectivity index (χ1n) is 14.5. The minimum absolute atomic E-state index is 0.0755. The summed E-state index contributed by atoms with van der Waals surface area (Å²) in [5, 5.41) is 9.22. The van der Waals surface area contributed by atoms with E-state index in [1.165, 1.54) is 11.1 Å². The quantitative estimate of drug-likeness (QED) is 0.473. The lowest BCUT2D eigenvalue weighted by molar-refractivity contribution is -0.149. The van der Waals surface area contributed by atoms with Gasteiger partial charge < -0.3 is 20.9 Å². The second-order valence-corrected chi connectivity index (χ2v) is 12.2. The maximum atomic E-state index is 14.2. The van der Waals surface area contributed by atoms with E-state index in [1.54, 1.807) is 18.9 Å². The number of hydrogen-bond donors (Lipinski definition) is 3. The van der Waals surface area contributed by atoms with Gasteiger partial charge in [0.25, 0.3) is 0 Å². The van der Waals surface area contributed by atoms with E-state index >= 15 is 0 Å². The number of carbonyl (C=O) groups is 3. The van der Waals surface area contributed by atoms with Gasteiger partial charge in [-0.3, -0.25) is 19.3 Å². The Bertz CT molecular complexity index is 1180. The molecule has 0 saturated carbocycles. The molecule has 8 heteroatoms. The van der Waals surface area contributed by atoms with Crippen LogP contribution in [-0.2, 0) is 27.3 Å². The number of rotatable bonds is 8. The molecule has 0 radical (unpaired) electrons. The Labute approximate surface area is 238 Å². The van der Waals surface area contributed by atoms with Gasteiger partial charge in [-0.2, -0.15) is 0 Å². The van der Waals surface area contributed by atoms with Crippen LogP contribution in [0.1, 0.15) is 63.3 Å². The lowest BCUT2D eigenvalue weighted by Gasteiger charge is -2.44. The Kier molecular flexibility index (Phi) is 9.64. The highest BCUT2D eigenvalue weighted by Crippen LogP contribution is 2.30. The van der Waals surface area contributed by atoms with Gasteiger partial charge in [0.2, 0.25) is 17.7 Å². The highest BCUT2D eigenvalue weighted by Gasteiger charge is 2.43. The first kappa shape index (κ1) is 29.7. The Balaban J connectivity index is 1.59. The summed E-state index contributed by atoms with van der Waals surface area (Å²) in [4.78, 5) is 44.9. The molecule has 4 unspecified atom stereocenters. The Hall–Kier alpha value is -3.23. The molecule has 216 valence electrons. The van der Waals surface area contributed by atoms with Gasteiger partial charge in [0.1, 0.15) is 12.1 Å². The number of carbonyl (C=O) groups excluding carboxylic acids is 3. The average molecular weight is 548 g/mol. The lowest BCUT2D eigenvalue weighted by Crippen LogP contribution is -2.65. The molecule has 8 nitrogen and oxygen atoms in total. The Morgan fingerprint density at radius 3 is 2.40 bits per heavy atom. The van der Waals surface area contributed by atoms with Crippen molar-refractivity contribution < 1.29 is 14.4 Å². The molecule has 1 heterocycles. The topological polar surface area (TPSA) is 93.8 Å². The number of fused-ring (bicyclic) bond motifs is 1. The van der Waals surface area contributed by atoms with Crippen molar-refractivity contribution in [2.24, 2.45) is 5.41 Å². The summed E-state index contributed by atoms with van der Waals surface area (Å²) in [6.45, 7) is 9.79. The SMILES string of the molecule is CNC(C)C(=O)NC(C(=O)N1CCN(Cc2ccccc2)CC1C(=O)NC1CCCc2ccccc21)C(C)(C)C. The van der Waals surface area contributed by atoms with E-state index < -0.39 is 23.5 Å². The van der Waals surface area contributed by atoms with Gasteiger partial charge in [-0.1, -0.05) is 75.4 Å². The standard InChI is InChI=1S/C32H45N5O3/c1-22(33-5)29(38)35-28(32(2,3)4)31(40)37-19-18-36(20-23-12-7-6-8-13-23)21-27(37)30(39)34-26-17-11-15-24-14-9-10-16-25(24)26/h6-10,12-14,16,22,26-28,33H,11,15,17-21H2,1-5H3,(H,34,39)(H,35,38). The molecule has 2 aliphatic rings. The smallest absolute Gasteiger partial charge is 0.246 e. The fraction of sp³-hybridized carbons (Fsp3) is 0.531. The van der Waals surface area contributed by atoms with Crippen molar-refractivity contribution in [1.29, 1.82) is 0 Å². The van der Waals surface area contributed by atoms with Crippen molar-refractivity contribution >= 4 is 17.7 Å². The predicted molar refractivity (Wildman–Crippen MR) is 157 cm³/mol. The van der Waals surface area contributed by atoms with Crippen LogP contribution < -0.4 is 16.0 Å².